The zero-order valence-electron chi connectivity index (χ0n) is 18.6. The molecule has 0 radical (unpaired) electrons. The van der Waals surface area contributed by atoms with Crippen molar-refractivity contribution in [3.05, 3.63) is 83.5 Å². The summed E-state index contributed by atoms with van der Waals surface area (Å²) in [5.41, 5.74) is 4.04. The summed E-state index contributed by atoms with van der Waals surface area (Å²) in [4.78, 5) is 11.2. The quantitative estimate of drug-likeness (QED) is 0.380. The molecule has 162 valence electrons. The van der Waals surface area contributed by atoms with Gasteiger partial charge in [0.1, 0.15) is 11.9 Å². The van der Waals surface area contributed by atoms with Crippen LogP contribution in [0.3, 0.4) is 0 Å². The van der Waals surface area contributed by atoms with E-state index in [-0.39, 0.29) is 17.9 Å². The lowest BCUT2D eigenvalue weighted by Gasteiger charge is -2.17. The molecule has 1 aromatic heterocycles. The third-order valence-corrected chi connectivity index (χ3v) is 4.17. The van der Waals surface area contributed by atoms with Gasteiger partial charge in [-0.2, -0.15) is 5.10 Å². The molecule has 1 heterocycles. The summed E-state index contributed by atoms with van der Waals surface area (Å²) in [5, 5.41) is 7.14. The first-order chi connectivity index (χ1) is 14.4. The molecule has 4 nitrogen and oxygen atoms in total. The van der Waals surface area contributed by atoms with Crippen LogP contribution in [0.4, 0.5) is 4.39 Å². The highest BCUT2D eigenvalue weighted by Crippen LogP contribution is 2.23. The van der Waals surface area contributed by atoms with Crippen molar-refractivity contribution >= 4 is 11.5 Å². The maximum absolute atomic E-state index is 12.8. The third-order valence-electron chi connectivity index (χ3n) is 4.17. The molecule has 0 saturated heterocycles. The minimum Gasteiger partial charge on any atom is -0.457 e. The van der Waals surface area contributed by atoms with Gasteiger partial charge in [-0.1, -0.05) is 62.8 Å². The number of carbonyl (C=O) groups excluding carboxylic acids is 1. The van der Waals surface area contributed by atoms with Crippen LogP contribution in [0, 0.1) is 12.7 Å². The number of rotatable bonds is 8. The number of hydrogen-bond acceptors (Lipinski definition) is 3. The van der Waals surface area contributed by atoms with Crippen LogP contribution >= 0.6 is 0 Å². The van der Waals surface area contributed by atoms with Gasteiger partial charge < -0.3 is 4.74 Å². The Bertz CT molecular complexity index is 848. The summed E-state index contributed by atoms with van der Waals surface area (Å²) in [6.07, 6.45) is 11.9. The van der Waals surface area contributed by atoms with Crippen LogP contribution in [0.25, 0.3) is 5.57 Å². The Kier molecular flexibility index (Phi) is 11.8. The van der Waals surface area contributed by atoms with Crippen LogP contribution in [0.1, 0.15) is 70.0 Å². The maximum Gasteiger partial charge on any atom is 0.306 e. The summed E-state index contributed by atoms with van der Waals surface area (Å²) >= 11 is 0. The van der Waals surface area contributed by atoms with Crippen molar-refractivity contribution in [3.63, 3.8) is 0 Å². The predicted molar refractivity (Wildman–Crippen MR) is 121 cm³/mol. The Hall–Kier alpha value is -2.95. The monoisotopic (exact) mass is 412 g/mol. The van der Waals surface area contributed by atoms with Gasteiger partial charge in [0.05, 0.1) is 5.69 Å². The Morgan fingerprint density at radius 3 is 2.40 bits per heavy atom. The van der Waals surface area contributed by atoms with E-state index in [9.17, 15) is 9.18 Å². The summed E-state index contributed by atoms with van der Waals surface area (Å²) < 4.78 is 18.1. The second kappa shape index (κ2) is 14.1. The SMILES string of the molecule is CC=C/C=C(\C=C/C)c1cc(C)[nH]n1.CCCC(OC(=O)CC)c1ccc(F)cc1. The molecular formula is C25H33FN2O2. The summed E-state index contributed by atoms with van der Waals surface area (Å²) in [5.74, 6) is -0.497. The van der Waals surface area contributed by atoms with E-state index >= 15 is 0 Å². The number of nitrogens with one attached hydrogen (secondary N) is 1. The molecule has 0 aliphatic carbocycles. The fourth-order valence-electron chi connectivity index (χ4n) is 2.65. The Balaban J connectivity index is 0.000000303. The second-order valence-electron chi connectivity index (χ2n) is 6.76. The average Bonchev–Trinajstić information content (AvgIpc) is 3.18. The Labute approximate surface area is 179 Å². The first-order valence-electron chi connectivity index (χ1n) is 10.4. The smallest absolute Gasteiger partial charge is 0.306 e. The summed E-state index contributed by atoms with van der Waals surface area (Å²) in [6.45, 7) is 9.79. The zero-order valence-corrected chi connectivity index (χ0v) is 18.6. The lowest BCUT2D eigenvalue weighted by molar-refractivity contribution is -0.149. The van der Waals surface area contributed by atoms with Crippen molar-refractivity contribution < 1.29 is 13.9 Å². The number of benzene rings is 1. The van der Waals surface area contributed by atoms with Crippen molar-refractivity contribution in [1.29, 1.82) is 0 Å². The predicted octanol–water partition coefficient (Wildman–Crippen LogP) is 6.87. The van der Waals surface area contributed by atoms with Crippen LogP contribution < -0.4 is 0 Å². The van der Waals surface area contributed by atoms with E-state index in [1.54, 1.807) is 19.1 Å². The number of aryl methyl sites for hydroxylation is 1. The first kappa shape index (κ1) is 25.1. The standard InChI is InChI=1S/C13H17FO2.C12H16N2/c1-3-5-12(16-13(15)4-2)10-6-8-11(14)9-7-10;1-4-6-8-11(7-5-2)12-9-10(3)13-14-12/h6-9,12H,3-5H2,1-2H3;4-9H,1-3H3,(H,13,14)/b;6-4?,7-5-,11-8+. The van der Waals surface area contributed by atoms with E-state index in [1.165, 1.54) is 12.1 Å². The highest BCUT2D eigenvalue weighted by Gasteiger charge is 2.14. The van der Waals surface area contributed by atoms with Gasteiger partial charge in [0.2, 0.25) is 0 Å². The first-order valence-corrected chi connectivity index (χ1v) is 10.4. The second-order valence-corrected chi connectivity index (χ2v) is 6.76. The molecule has 0 saturated carbocycles. The maximum atomic E-state index is 12.8. The van der Waals surface area contributed by atoms with Gasteiger partial charge >= 0.3 is 5.97 Å². The molecule has 0 fully saturated rings. The van der Waals surface area contributed by atoms with Gasteiger partial charge in [0, 0.05) is 17.7 Å². The fourth-order valence-corrected chi connectivity index (χ4v) is 2.65. The number of allylic oxidation sites excluding steroid dienone is 6. The Morgan fingerprint density at radius 2 is 1.90 bits per heavy atom. The van der Waals surface area contributed by atoms with Crippen LogP contribution in [0.15, 0.2) is 60.7 Å². The molecule has 0 spiro atoms. The third kappa shape index (κ3) is 9.03. The molecule has 0 amide bonds. The van der Waals surface area contributed by atoms with Crippen molar-refractivity contribution in [2.75, 3.05) is 0 Å². The van der Waals surface area contributed by atoms with Crippen molar-refractivity contribution in [2.45, 2.75) is 60.0 Å². The van der Waals surface area contributed by atoms with Crippen LogP contribution in [-0.4, -0.2) is 16.2 Å². The molecule has 2 aromatic rings. The molecule has 1 aromatic carbocycles. The number of esters is 1. The van der Waals surface area contributed by atoms with E-state index in [0.717, 1.165) is 35.4 Å². The number of H-pyrrole nitrogens is 1. The number of aromatic nitrogens is 2. The summed E-state index contributed by atoms with van der Waals surface area (Å²) in [7, 11) is 0. The number of carbonyl (C=O) groups is 1. The molecule has 0 aliphatic rings. The number of aromatic amines is 1. The van der Waals surface area contributed by atoms with E-state index in [2.05, 4.69) is 22.3 Å². The molecule has 0 bridgehead atoms. The van der Waals surface area contributed by atoms with Gasteiger partial charge in [-0.25, -0.2) is 4.39 Å². The molecule has 5 heteroatoms. The van der Waals surface area contributed by atoms with Crippen LogP contribution in [-0.2, 0) is 9.53 Å². The number of nitrogens with zero attached hydrogens (tertiary/aromatic N) is 1. The van der Waals surface area contributed by atoms with E-state index in [0.29, 0.717) is 6.42 Å². The number of hydrogen-bond donors (Lipinski definition) is 1. The van der Waals surface area contributed by atoms with Crippen molar-refractivity contribution in [3.8, 4) is 0 Å². The highest BCUT2D eigenvalue weighted by atomic mass is 19.1. The molecule has 30 heavy (non-hydrogen) atoms. The zero-order chi connectivity index (χ0) is 22.4. The van der Waals surface area contributed by atoms with Crippen LogP contribution in [0.5, 0.6) is 0 Å². The van der Waals surface area contributed by atoms with Crippen molar-refractivity contribution in [2.24, 2.45) is 0 Å². The van der Waals surface area contributed by atoms with Crippen molar-refractivity contribution in [1.82, 2.24) is 10.2 Å². The lowest BCUT2D eigenvalue weighted by Crippen LogP contribution is -2.10. The molecule has 1 N–H and O–H groups in total. The molecule has 0 aliphatic heterocycles. The van der Waals surface area contributed by atoms with E-state index in [4.69, 9.17) is 4.74 Å². The normalized spacial score (nSPS) is 12.7. The average molecular weight is 413 g/mol. The van der Waals surface area contributed by atoms with Gasteiger partial charge in [-0.15, -0.1) is 0 Å². The fraction of sp³-hybridized carbons (Fsp3) is 0.360. The minimum atomic E-state index is -0.277. The Morgan fingerprint density at radius 1 is 1.20 bits per heavy atom. The van der Waals surface area contributed by atoms with Gasteiger partial charge in [0.15, 0.2) is 0 Å². The molecule has 2 rings (SSSR count). The molecule has 1 unspecified atom stereocenters. The van der Waals surface area contributed by atoms with Crippen LogP contribution in [0.2, 0.25) is 0 Å². The van der Waals surface area contributed by atoms with Gasteiger partial charge in [0.25, 0.3) is 0 Å². The van der Waals surface area contributed by atoms with E-state index < -0.39 is 0 Å². The van der Waals surface area contributed by atoms with Gasteiger partial charge in [-0.05, 0) is 51.0 Å². The minimum absolute atomic E-state index is 0.220. The molecule has 1 atom stereocenters. The lowest BCUT2D eigenvalue weighted by atomic mass is 10.1. The topological polar surface area (TPSA) is 55.0 Å². The number of halogens is 1. The van der Waals surface area contributed by atoms with E-state index in [1.807, 2.05) is 52.0 Å². The highest BCUT2D eigenvalue weighted by molar-refractivity contribution is 5.72. The summed E-state index contributed by atoms with van der Waals surface area (Å²) in [6, 6.07) is 8.14. The largest absolute Gasteiger partial charge is 0.457 e. The number of ether oxygens (including phenoxy) is 1. The molecular weight excluding hydrogens is 379 g/mol. The van der Waals surface area contributed by atoms with Gasteiger partial charge in [-0.3, -0.25) is 9.89 Å².